The van der Waals surface area contributed by atoms with Gasteiger partial charge in [0.25, 0.3) is 0 Å². The second-order valence-corrected chi connectivity index (χ2v) is 6.09. The standard InChI is InChI=1S/C16H19OP/c1-3-13-9-5-7-11-15(13)18(17)16-12-8-6-10-14(16)4-2/h5-12,18H,3-4H2,1-2H3. The Labute approximate surface area is 110 Å². The van der Waals surface area contributed by atoms with Crippen LogP contribution in [0.1, 0.15) is 25.0 Å². The van der Waals surface area contributed by atoms with Crippen molar-refractivity contribution in [3.8, 4) is 0 Å². The quantitative estimate of drug-likeness (QED) is 0.769. The summed E-state index contributed by atoms with van der Waals surface area (Å²) in [5.41, 5.74) is 2.40. The lowest BCUT2D eigenvalue weighted by Gasteiger charge is -2.11. The minimum absolute atomic E-state index is 0.931. The predicted molar refractivity (Wildman–Crippen MR) is 79.9 cm³/mol. The molecule has 18 heavy (non-hydrogen) atoms. The van der Waals surface area contributed by atoms with E-state index in [2.05, 4.69) is 26.0 Å². The lowest BCUT2D eigenvalue weighted by Crippen LogP contribution is -2.14. The van der Waals surface area contributed by atoms with E-state index in [1.807, 2.05) is 36.4 Å². The molecule has 0 aromatic heterocycles. The number of hydrogen-bond donors (Lipinski definition) is 0. The van der Waals surface area contributed by atoms with Crippen LogP contribution in [0.5, 0.6) is 0 Å². The van der Waals surface area contributed by atoms with Crippen LogP contribution in [-0.4, -0.2) is 0 Å². The molecule has 2 aromatic carbocycles. The lowest BCUT2D eigenvalue weighted by molar-refractivity contribution is 0.598. The molecule has 0 saturated heterocycles. The van der Waals surface area contributed by atoms with Gasteiger partial charge in [0.2, 0.25) is 0 Å². The van der Waals surface area contributed by atoms with Crippen molar-refractivity contribution in [1.82, 2.24) is 0 Å². The van der Waals surface area contributed by atoms with Crippen LogP contribution >= 0.6 is 7.80 Å². The van der Waals surface area contributed by atoms with E-state index < -0.39 is 7.80 Å². The first-order chi connectivity index (χ1) is 8.77. The average molecular weight is 258 g/mol. The molecule has 0 spiro atoms. The monoisotopic (exact) mass is 258 g/mol. The van der Waals surface area contributed by atoms with Gasteiger partial charge in [0.1, 0.15) is 7.80 Å². The van der Waals surface area contributed by atoms with Crippen LogP contribution in [0.2, 0.25) is 0 Å². The van der Waals surface area contributed by atoms with E-state index in [1.54, 1.807) is 0 Å². The fraction of sp³-hybridized carbons (Fsp3) is 0.250. The Balaban J connectivity index is 2.48. The van der Waals surface area contributed by atoms with Gasteiger partial charge in [-0.1, -0.05) is 62.4 Å². The molecule has 0 saturated carbocycles. The molecule has 94 valence electrons. The summed E-state index contributed by atoms with van der Waals surface area (Å²) < 4.78 is 12.8. The molecule has 0 unspecified atom stereocenters. The molecule has 0 heterocycles. The second-order valence-electron chi connectivity index (χ2n) is 4.35. The van der Waals surface area contributed by atoms with Gasteiger partial charge in [0.15, 0.2) is 0 Å². The van der Waals surface area contributed by atoms with Gasteiger partial charge in [-0.2, -0.15) is 0 Å². The molecular weight excluding hydrogens is 239 g/mol. The van der Waals surface area contributed by atoms with E-state index in [9.17, 15) is 4.57 Å². The Morgan fingerprint density at radius 2 is 1.17 bits per heavy atom. The van der Waals surface area contributed by atoms with E-state index >= 15 is 0 Å². The van der Waals surface area contributed by atoms with Crippen molar-refractivity contribution >= 4 is 18.4 Å². The highest BCUT2D eigenvalue weighted by Crippen LogP contribution is 2.24. The third-order valence-corrected chi connectivity index (χ3v) is 5.24. The zero-order chi connectivity index (χ0) is 13.0. The smallest absolute Gasteiger partial charge is 0.132 e. The van der Waals surface area contributed by atoms with E-state index in [-0.39, 0.29) is 0 Å². The number of benzene rings is 2. The summed E-state index contributed by atoms with van der Waals surface area (Å²) in [4.78, 5) is 0. The van der Waals surface area contributed by atoms with Crippen molar-refractivity contribution in [3.05, 3.63) is 59.7 Å². The summed E-state index contributed by atoms with van der Waals surface area (Å²) in [5.74, 6) is 0. The zero-order valence-electron chi connectivity index (χ0n) is 10.9. The summed E-state index contributed by atoms with van der Waals surface area (Å²) in [6.07, 6.45) is 1.86. The molecule has 0 aliphatic rings. The van der Waals surface area contributed by atoms with Crippen molar-refractivity contribution in [1.29, 1.82) is 0 Å². The molecule has 0 radical (unpaired) electrons. The van der Waals surface area contributed by atoms with Gasteiger partial charge in [0.05, 0.1) is 0 Å². The molecule has 0 fully saturated rings. The fourth-order valence-electron chi connectivity index (χ4n) is 2.25. The third-order valence-electron chi connectivity index (χ3n) is 3.29. The van der Waals surface area contributed by atoms with Crippen molar-refractivity contribution < 1.29 is 4.57 Å². The summed E-state index contributed by atoms with van der Waals surface area (Å²) >= 11 is 0. The highest BCUT2D eigenvalue weighted by molar-refractivity contribution is 7.61. The van der Waals surface area contributed by atoms with Gasteiger partial charge in [0, 0.05) is 10.6 Å². The molecular formula is C16H19OP. The third kappa shape index (κ3) is 2.57. The summed E-state index contributed by atoms with van der Waals surface area (Å²) in [6.45, 7) is 4.22. The Bertz CT molecular complexity index is 511. The molecule has 0 aliphatic carbocycles. The summed E-state index contributed by atoms with van der Waals surface area (Å²) in [5, 5.41) is 2.04. The minimum Gasteiger partial charge on any atom is -0.317 e. The van der Waals surface area contributed by atoms with Crippen LogP contribution in [-0.2, 0) is 17.4 Å². The molecule has 0 aliphatic heterocycles. The highest BCUT2D eigenvalue weighted by Gasteiger charge is 2.12. The SMILES string of the molecule is CCc1ccccc1[PH](=O)c1ccccc1CC. The Morgan fingerprint density at radius 3 is 1.56 bits per heavy atom. The molecule has 0 amide bonds. The molecule has 2 rings (SSSR count). The maximum absolute atomic E-state index is 12.8. The predicted octanol–water partition coefficient (Wildman–Crippen LogP) is 3.32. The van der Waals surface area contributed by atoms with Crippen LogP contribution in [0.4, 0.5) is 0 Å². The number of hydrogen-bond acceptors (Lipinski definition) is 1. The first-order valence-electron chi connectivity index (χ1n) is 6.48. The molecule has 1 nitrogen and oxygen atoms in total. The summed E-state index contributed by atoms with van der Waals surface area (Å²) in [6, 6.07) is 16.2. The molecule has 0 atom stereocenters. The van der Waals surface area contributed by atoms with Crippen LogP contribution in [0.25, 0.3) is 0 Å². The van der Waals surface area contributed by atoms with E-state index in [1.165, 1.54) is 11.1 Å². The van der Waals surface area contributed by atoms with E-state index in [0.717, 1.165) is 23.5 Å². The molecule has 0 N–H and O–H groups in total. The number of aryl methyl sites for hydroxylation is 2. The second kappa shape index (κ2) is 6.02. The van der Waals surface area contributed by atoms with Crippen LogP contribution < -0.4 is 10.6 Å². The van der Waals surface area contributed by atoms with E-state index in [4.69, 9.17) is 0 Å². The topological polar surface area (TPSA) is 17.1 Å². The van der Waals surface area contributed by atoms with Crippen molar-refractivity contribution in [3.63, 3.8) is 0 Å². The lowest BCUT2D eigenvalue weighted by atomic mass is 10.2. The van der Waals surface area contributed by atoms with Crippen LogP contribution in [0.3, 0.4) is 0 Å². The number of rotatable bonds is 4. The van der Waals surface area contributed by atoms with Crippen LogP contribution in [0, 0.1) is 0 Å². The average Bonchev–Trinajstić information content (AvgIpc) is 2.46. The first kappa shape index (κ1) is 13.1. The normalized spacial score (nSPS) is 10.8. The Morgan fingerprint density at radius 1 is 0.778 bits per heavy atom. The highest BCUT2D eigenvalue weighted by atomic mass is 31.1. The largest absolute Gasteiger partial charge is 0.317 e. The fourth-order valence-corrected chi connectivity index (χ4v) is 4.13. The van der Waals surface area contributed by atoms with E-state index in [0.29, 0.717) is 0 Å². The zero-order valence-corrected chi connectivity index (χ0v) is 11.9. The Kier molecular flexibility index (Phi) is 4.38. The maximum atomic E-state index is 12.8. The first-order valence-corrected chi connectivity index (χ1v) is 7.89. The van der Waals surface area contributed by atoms with Gasteiger partial charge >= 0.3 is 0 Å². The van der Waals surface area contributed by atoms with Gasteiger partial charge in [-0.3, -0.25) is 0 Å². The molecule has 2 heteroatoms. The van der Waals surface area contributed by atoms with Gasteiger partial charge in [-0.15, -0.1) is 0 Å². The Hall–Kier alpha value is -1.33. The maximum Gasteiger partial charge on any atom is 0.132 e. The molecule has 2 aromatic rings. The molecule has 0 bridgehead atoms. The van der Waals surface area contributed by atoms with Crippen molar-refractivity contribution in [2.75, 3.05) is 0 Å². The summed E-state index contributed by atoms with van der Waals surface area (Å²) in [7, 11) is -1.88. The van der Waals surface area contributed by atoms with Crippen molar-refractivity contribution in [2.45, 2.75) is 26.7 Å². The van der Waals surface area contributed by atoms with Gasteiger partial charge < -0.3 is 4.57 Å². The van der Waals surface area contributed by atoms with Crippen molar-refractivity contribution in [2.24, 2.45) is 0 Å². The van der Waals surface area contributed by atoms with Crippen LogP contribution in [0.15, 0.2) is 48.5 Å². The minimum atomic E-state index is -1.88. The van der Waals surface area contributed by atoms with Gasteiger partial charge in [-0.25, -0.2) is 0 Å². The van der Waals surface area contributed by atoms with Gasteiger partial charge in [-0.05, 0) is 24.0 Å².